The Balaban J connectivity index is 3.99. The predicted molar refractivity (Wildman–Crippen MR) is 66.0 cm³/mol. The van der Waals surface area contributed by atoms with Crippen LogP contribution in [0.4, 0.5) is 0 Å². The molecule has 4 nitrogen and oxygen atoms in total. The highest BCUT2D eigenvalue weighted by atomic mass is 16.3. The van der Waals surface area contributed by atoms with Crippen molar-refractivity contribution in [1.29, 1.82) is 0 Å². The molecule has 2 atom stereocenters. The standard InChI is InChI=1S/C12H26N2O2/c1-5-6-10(13)11(15)14-8-12(4,16)7-9(2)3/h9-10,16H,5-8,13H2,1-4H3,(H,14,15)/t10-,12?/m1/s1. The lowest BCUT2D eigenvalue weighted by Gasteiger charge is -2.26. The van der Waals surface area contributed by atoms with Crippen molar-refractivity contribution < 1.29 is 9.90 Å². The van der Waals surface area contributed by atoms with Crippen molar-refractivity contribution in [2.45, 2.75) is 58.6 Å². The highest BCUT2D eigenvalue weighted by molar-refractivity contribution is 5.81. The number of rotatable bonds is 7. The third-order valence-corrected chi connectivity index (χ3v) is 2.43. The molecular weight excluding hydrogens is 204 g/mol. The summed E-state index contributed by atoms with van der Waals surface area (Å²) in [5.41, 5.74) is 4.81. The molecule has 96 valence electrons. The maximum Gasteiger partial charge on any atom is 0.237 e. The molecule has 0 aromatic carbocycles. The van der Waals surface area contributed by atoms with Crippen LogP contribution in [-0.4, -0.2) is 29.2 Å². The van der Waals surface area contributed by atoms with Crippen LogP contribution >= 0.6 is 0 Å². The summed E-state index contributed by atoms with van der Waals surface area (Å²) >= 11 is 0. The van der Waals surface area contributed by atoms with Crippen molar-refractivity contribution in [3.8, 4) is 0 Å². The van der Waals surface area contributed by atoms with Gasteiger partial charge in [-0.05, 0) is 25.7 Å². The van der Waals surface area contributed by atoms with Crippen LogP contribution in [0.1, 0.15) is 47.0 Å². The number of hydrogen-bond acceptors (Lipinski definition) is 3. The first-order valence-electron chi connectivity index (χ1n) is 6.04. The minimum atomic E-state index is -0.851. The van der Waals surface area contributed by atoms with Crippen molar-refractivity contribution in [2.75, 3.05) is 6.54 Å². The minimum absolute atomic E-state index is 0.175. The smallest absolute Gasteiger partial charge is 0.237 e. The van der Waals surface area contributed by atoms with E-state index in [1.54, 1.807) is 6.92 Å². The summed E-state index contributed by atoms with van der Waals surface area (Å²) in [6.07, 6.45) is 2.23. The first-order valence-corrected chi connectivity index (χ1v) is 6.04. The fraction of sp³-hybridized carbons (Fsp3) is 0.917. The molecule has 16 heavy (non-hydrogen) atoms. The van der Waals surface area contributed by atoms with Gasteiger partial charge in [0, 0.05) is 6.54 Å². The van der Waals surface area contributed by atoms with Gasteiger partial charge < -0.3 is 16.2 Å². The third kappa shape index (κ3) is 6.80. The summed E-state index contributed by atoms with van der Waals surface area (Å²) in [6.45, 7) is 8.07. The Morgan fingerprint density at radius 1 is 1.50 bits per heavy atom. The molecule has 0 bridgehead atoms. The molecule has 0 saturated carbocycles. The molecule has 0 spiro atoms. The van der Waals surface area contributed by atoms with Crippen LogP contribution in [0.25, 0.3) is 0 Å². The molecule has 0 aliphatic rings. The molecule has 0 aromatic rings. The lowest BCUT2D eigenvalue weighted by Crippen LogP contribution is -2.47. The number of nitrogens with two attached hydrogens (primary N) is 1. The second-order valence-electron chi connectivity index (χ2n) is 5.21. The normalized spacial score (nSPS) is 16.9. The van der Waals surface area contributed by atoms with Gasteiger partial charge in [-0.1, -0.05) is 27.2 Å². The van der Waals surface area contributed by atoms with Crippen molar-refractivity contribution in [2.24, 2.45) is 11.7 Å². The molecule has 0 aromatic heterocycles. The van der Waals surface area contributed by atoms with E-state index in [4.69, 9.17) is 5.73 Å². The Hall–Kier alpha value is -0.610. The van der Waals surface area contributed by atoms with E-state index in [1.165, 1.54) is 0 Å². The summed E-state index contributed by atoms with van der Waals surface area (Å²) in [6, 6.07) is -0.458. The molecule has 1 unspecified atom stereocenters. The van der Waals surface area contributed by atoms with Gasteiger partial charge in [0.2, 0.25) is 5.91 Å². The molecule has 0 rings (SSSR count). The van der Waals surface area contributed by atoms with Gasteiger partial charge in [0.15, 0.2) is 0 Å². The van der Waals surface area contributed by atoms with Crippen LogP contribution < -0.4 is 11.1 Å². The zero-order chi connectivity index (χ0) is 12.8. The van der Waals surface area contributed by atoms with E-state index in [0.717, 1.165) is 6.42 Å². The molecule has 0 saturated heterocycles. The maximum absolute atomic E-state index is 11.5. The van der Waals surface area contributed by atoms with E-state index in [2.05, 4.69) is 5.32 Å². The molecule has 0 heterocycles. The minimum Gasteiger partial charge on any atom is -0.388 e. The summed E-state index contributed by atoms with van der Waals surface area (Å²) in [4.78, 5) is 11.5. The number of aliphatic hydroxyl groups is 1. The van der Waals surface area contributed by atoms with Gasteiger partial charge in [-0.3, -0.25) is 4.79 Å². The van der Waals surface area contributed by atoms with Gasteiger partial charge in [-0.15, -0.1) is 0 Å². The second kappa shape index (κ2) is 6.86. The first-order chi connectivity index (χ1) is 7.28. The fourth-order valence-corrected chi connectivity index (χ4v) is 1.80. The van der Waals surface area contributed by atoms with Crippen molar-refractivity contribution in [3.05, 3.63) is 0 Å². The zero-order valence-electron chi connectivity index (χ0n) is 10.9. The van der Waals surface area contributed by atoms with E-state index >= 15 is 0 Å². The second-order valence-corrected chi connectivity index (χ2v) is 5.21. The summed E-state index contributed by atoms with van der Waals surface area (Å²) in [5, 5.41) is 12.7. The van der Waals surface area contributed by atoms with Crippen LogP contribution in [0.5, 0.6) is 0 Å². The molecular formula is C12H26N2O2. The van der Waals surface area contributed by atoms with Gasteiger partial charge in [0.25, 0.3) is 0 Å². The van der Waals surface area contributed by atoms with E-state index in [0.29, 0.717) is 18.8 Å². The molecule has 0 fully saturated rings. The van der Waals surface area contributed by atoms with Crippen LogP contribution in [0.15, 0.2) is 0 Å². The summed E-state index contributed by atoms with van der Waals surface area (Å²) in [5.74, 6) is 0.224. The van der Waals surface area contributed by atoms with Gasteiger partial charge in [-0.2, -0.15) is 0 Å². The Labute approximate surface area is 98.6 Å². The van der Waals surface area contributed by atoms with Crippen LogP contribution in [-0.2, 0) is 4.79 Å². The predicted octanol–water partition coefficient (Wildman–Crippen LogP) is 1.03. The van der Waals surface area contributed by atoms with Gasteiger partial charge in [-0.25, -0.2) is 0 Å². The highest BCUT2D eigenvalue weighted by Gasteiger charge is 2.23. The van der Waals surface area contributed by atoms with Crippen LogP contribution in [0, 0.1) is 5.92 Å². The highest BCUT2D eigenvalue weighted by Crippen LogP contribution is 2.15. The van der Waals surface area contributed by atoms with Crippen LogP contribution in [0.3, 0.4) is 0 Å². The number of nitrogens with one attached hydrogen (secondary N) is 1. The Kier molecular flexibility index (Phi) is 6.60. The van der Waals surface area contributed by atoms with Crippen molar-refractivity contribution in [3.63, 3.8) is 0 Å². The molecule has 4 heteroatoms. The zero-order valence-corrected chi connectivity index (χ0v) is 10.9. The number of amides is 1. The average molecular weight is 230 g/mol. The van der Waals surface area contributed by atoms with E-state index in [9.17, 15) is 9.90 Å². The van der Waals surface area contributed by atoms with E-state index in [-0.39, 0.29) is 12.5 Å². The third-order valence-electron chi connectivity index (χ3n) is 2.43. The van der Waals surface area contributed by atoms with Crippen LogP contribution in [0.2, 0.25) is 0 Å². The van der Waals surface area contributed by atoms with Gasteiger partial charge in [0.1, 0.15) is 0 Å². The van der Waals surface area contributed by atoms with E-state index < -0.39 is 11.6 Å². The average Bonchev–Trinajstić information content (AvgIpc) is 2.12. The molecule has 0 aliphatic carbocycles. The monoisotopic (exact) mass is 230 g/mol. The number of hydrogen-bond donors (Lipinski definition) is 3. The Morgan fingerprint density at radius 3 is 2.50 bits per heavy atom. The quantitative estimate of drug-likeness (QED) is 0.611. The van der Waals surface area contributed by atoms with Gasteiger partial charge >= 0.3 is 0 Å². The lowest BCUT2D eigenvalue weighted by atomic mass is 9.94. The van der Waals surface area contributed by atoms with Crippen molar-refractivity contribution in [1.82, 2.24) is 5.32 Å². The topological polar surface area (TPSA) is 75.4 Å². The summed E-state index contributed by atoms with van der Waals surface area (Å²) < 4.78 is 0. The Morgan fingerprint density at radius 2 is 2.06 bits per heavy atom. The van der Waals surface area contributed by atoms with Crippen molar-refractivity contribution >= 4 is 5.91 Å². The van der Waals surface area contributed by atoms with E-state index in [1.807, 2.05) is 20.8 Å². The molecule has 1 amide bonds. The molecule has 0 aliphatic heterocycles. The Bertz CT molecular complexity index is 215. The molecule has 4 N–H and O–H groups in total. The van der Waals surface area contributed by atoms with Gasteiger partial charge in [0.05, 0.1) is 11.6 Å². The SMILES string of the molecule is CCC[C@@H](N)C(=O)NCC(C)(O)CC(C)C. The first kappa shape index (κ1) is 15.4. The number of carbonyl (C=O) groups excluding carboxylic acids is 1. The maximum atomic E-state index is 11.5. The molecule has 0 radical (unpaired) electrons. The lowest BCUT2D eigenvalue weighted by molar-refractivity contribution is -0.123. The largest absolute Gasteiger partial charge is 0.388 e. The fourth-order valence-electron chi connectivity index (χ4n) is 1.80. The number of carbonyl (C=O) groups is 1. The summed E-state index contributed by atoms with van der Waals surface area (Å²) in [7, 11) is 0.